The third kappa shape index (κ3) is 6.01. The van der Waals surface area contributed by atoms with Gasteiger partial charge in [0.2, 0.25) is 0 Å². The van der Waals surface area contributed by atoms with Crippen molar-refractivity contribution in [2.75, 3.05) is 18.4 Å². The zero-order valence-corrected chi connectivity index (χ0v) is 26.5. The summed E-state index contributed by atoms with van der Waals surface area (Å²) in [5, 5.41) is 13.7. The Labute approximate surface area is 267 Å². The molecule has 4 aliphatic rings. The molecule has 11 heteroatoms. The van der Waals surface area contributed by atoms with E-state index in [2.05, 4.69) is 21.4 Å². The van der Waals surface area contributed by atoms with Crippen LogP contribution in [0.15, 0.2) is 35.4 Å². The number of hydrogen-bond acceptors (Lipinski definition) is 6. The maximum absolute atomic E-state index is 16.0. The highest BCUT2D eigenvalue weighted by molar-refractivity contribution is 5.87. The highest BCUT2D eigenvalue weighted by Crippen LogP contribution is 2.47. The summed E-state index contributed by atoms with van der Waals surface area (Å²) in [6, 6.07) is 7.00. The van der Waals surface area contributed by atoms with Crippen LogP contribution in [0, 0.1) is 23.1 Å². The first-order valence-corrected chi connectivity index (χ1v) is 16.7. The second-order valence-electron chi connectivity index (χ2n) is 13.5. The number of aryl methyl sites for hydroxylation is 1. The number of aromatic nitrogens is 3. The second-order valence-corrected chi connectivity index (χ2v) is 13.5. The van der Waals surface area contributed by atoms with Gasteiger partial charge in [0, 0.05) is 29.6 Å². The zero-order valence-electron chi connectivity index (χ0n) is 26.5. The number of nitriles is 1. The third-order valence-electron chi connectivity index (χ3n) is 10.5. The van der Waals surface area contributed by atoms with Crippen molar-refractivity contribution in [2.24, 2.45) is 5.92 Å². The Bertz CT molecular complexity index is 1670. The number of nitrogens with zero attached hydrogens (tertiary/aromatic N) is 5. The fourth-order valence-corrected chi connectivity index (χ4v) is 7.51. The molecule has 1 saturated heterocycles. The molecule has 5 heterocycles. The van der Waals surface area contributed by atoms with E-state index in [-0.39, 0.29) is 30.0 Å². The number of pyridine rings is 1. The number of rotatable bonds is 2. The lowest BCUT2D eigenvalue weighted by atomic mass is 9.84. The van der Waals surface area contributed by atoms with Crippen LogP contribution < -0.4 is 10.9 Å². The smallest absolute Gasteiger partial charge is 0.278 e. The van der Waals surface area contributed by atoms with E-state index in [0.29, 0.717) is 61.3 Å². The lowest BCUT2D eigenvalue weighted by Gasteiger charge is -2.40. The molecule has 3 atom stereocenters. The van der Waals surface area contributed by atoms with Crippen LogP contribution in [-0.4, -0.2) is 44.7 Å². The van der Waals surface area contributed by atoms with Crippen LogP contribution in [-0.2, 0) is 17.9 Å². The van der Waals surface area contributed by atoms with Gasteiger partial charge in [0.15, 0.2) is 0 Å². The summed E-state index contributed by atoms with van der Waals surface area (Å²) >= 11 is 0. The molecular weight excluding hydrogens is 596 g/mol. The van der Waals surface area contributed by atoms with Gasteiger partial charge in [-0.15, -0.1) is 0 Å². The van der Waals surface area contributed by atoms with Crippen molar-refractivity contribution in [3.05, 3.63) is 63.5 Å². The maximum atomic E-state index is 16.0. The first kappa shape index (κ1) is 32.4. The van der Waals surface area contributed by atoms with Crippen molar-refractivity contribution in [1.29, 1.82) is 5.26 Å². The molecule has 46 heavy (non-hydrogen) atoms. The van der Waals surface area contributed by atoms with Gasteiger partial charge in [-0.05, 0) is 71.5 Å². The van der Waals surface area contributed by atoms with Crippen LogP contribution in [0.5, 0.6) is 0 Å². The van der Waals surface area contributed by atoms with Crippen LogP contribution in [0.3, 0.4) is 0 Å². The Morgan fingerprint density at radius 3 is 2.43 bits per heavy atom. The molecule has 3 aliphatic heterocycles. The summed E-state index contributed by atoms with van der Waals surface area (Å²) in [6.45, 7) is 4.32. The second kappa shape index (κ2) is 12.9. The van der Waals surface area contributed by atoms with Gasteiger partial charge in [-0.2, -0.15) is 5.26 Å². The lowest BCUT2D eigenvalue weighted by molar-refractivity contribution is -0.0933. The van der Waals surface area contributed by atoms with E-state index in [4.69, 9.17) is 0 Å². The fraction of sp³-hybridized carbons (Fsp3) is 0.600. The van der Waals surface area contributed by atoms with E-state index in [1.54, 1.807) is 17.6 Å². The first-order valence-electron chi connectivity index (χ1n) is 16.7. The van der Waals surface area contributed by atoms with E-state index in [0.717, 1.165) is 38.2 Å². The Balaban J connectivity index is 1.40. The Hall–Kier alpha value is -3.52. The van der Waals surface area contributed by atoms with Crippen molar-refractivity contribution >= 4 is 16.9 Å². The fourth-order valence-electron chi connectivity index (χ4n) is 7.51. The number of nitrogens with one attached hydrogen (secondary N) is 1. The summed E-state index contributed by atoms with van der Waals surface area (Å²) < 4.78 is 64.4. The summed E-state index contributed by atoms with van der Waals surface area (Å²) in [5.41, 5.74) is -0.875. The number of hydrogen-bond donors (Lipinski definition) is 1. The standard InChI is InChI=1S/C35H42F4N6O/c1-22(36)29-11-6-4-3-5-7-16-45-32-26(19-28(33(45)46)34(20-40)14-15-34)31(41-21-42-32)43-23(2)25-9-8-10-27(30(25)37)35(38,39)24-12-17-44(29)18-13-24/h8-10,19,21-24,29H,3-7,11-18H2,1-2H3,(H,41,42,43)/t22?,23-,29?/m1/s1. The van der Waals surface area contributed by atoms with E-state index >= 15 is 13.2 Å². The Morgan fingerprint density at radius 1 is 1.02 bits per heavy atom. The van der Waals surface area contributed by atoms with Crippen molar-refractivity contribution in [2.45, 2.75) is 114 Å². The highest BCUT2D eigenvalue weighted by atomic mass is 19.3. The minimum Gasteiger partial charge on any atom is -0.363 e. The molecule has 0 radical (unpaired) electrons. The average Bonchev–Trinajstić information content (AvgIpc) is 3.84. The molecule has 1 aromatic carbocycles. The number of piperidine rings is 1. The minimum atomic E-state index is -3.40. The number of benzene rings is 1. The number of halogens is 4. The molecule has 7 rings (SSSR count). The topological polar surface area (TPSA) is 86.8 Å². The normalized spacial score (nSPS) is 27.2. The van der Waals surface area contributed by atoms with Gasteiger partial charge in [-0.25, -0.2) is 27.5 Å². The van der Waals surface area contributed by atoms with Gasteiger partial charge in [-0.1, -0.05) is 43.9 Å². The molecule has 1 saturated carbocycles. The van der Waals surface area contributed by atoms with Gasteiger partial charge in [0.1, 0.15) is 29.8 Å². The van der Waals surface area contributed by atoms with E-state index in [1.165, 1.54) is 25.4 Å². The highest BCUT2D eigenvalue weighted by Gasteiger charge is 2.48. The minimum absolute atomic E-state index is 0.0686. The monoisotopic (exact) mass is 638 g/mol. The molecule has 7 nitrogen and oxygen atoms in total. The van der Waals surface area contributed by atoms with Gasteiger partial charge in [0.25, 0.3) is 11.5 Å². The van der Waals surface area contributed by atoms with Crippen LogP contribution in [0.2, 0.25) is 0 Å². The molecule has 0 spiro atoms. The van der Waals surface area contributed by atoms with Crippen LogP contribution in [0.25, 0.3) is 11.0 Å². The number of fused-ring (bicyclic) bond motifs is 10. The molecule has 246 valence electrons. The molecule has 2 unspecified atom stereocenters. The zero-order chi connectivity index (χ0) is 32.6. The van der Waals surface area contributed by atoms with Gasteiger partial charge in [-0.3, -0.25) is 14.3 Å². The van der Waals surface area contributed by atoms with Gasteiger partial charge in [0.05, 0.1) is 28.5 Å². The molecule has 1 N–H and O–H groups in total. The Kier molecular flexibility index (Phi) is 9.12. The van der Waals surface area contributed by atoms with E-state index in [9.17, 15) is 14.4 Å². The number of alkyl halides is 3. The van der Waals surface area contributed by atoms with Gasteiger partial charge < -0.3 is 5.32 Å². The van der Waals surface area contributed by atoms with E-state index in [1.807, 2.05) is 4.90 Å². The predicted molar refractivity (Wildman–Crippen MR) is 169 cm³/mol. The first-order chi connectivity index (χ1) is 22.1. The quantitative estimate of drug-likeness (QED) is 0.292. The van der Waals surface area contributed by atoms with Crippen LogP contribution >= 0.6 is 0 Å². The molecule has 3 aromatic rings. The summed E-state index contributed by atoms with van der Waals surface area (Å²) in [4.78, 5) is 24.6. The lowest BCUT2D eigenvalue weighted by Crippen LogP contribution is -2.47. The Morgan fingerprint density at radius 2 is 1.74 bits per heavy atom. The molecule has 2 aromatic heterocycles. The van der Waals surface area contributed by atoms with Crippen molar-refractivity contribution < 1.29 is 17.6 Å². The summed E-state index contributed by atoms with van der Waals surface area (Å²) in [6.07, 6.45) is 6.59. The number of anilines is 1. The summed E-state index contributed by atoms with van der Waals surface area (Å²) in [5.74, 6) is -5.09. The average molecular weight is 639 g/mol. The maximum Gasteiger partial charge on any atom is 0.278 e. The van der Waals surface area contributed by atoms with Crippen molar-refractivity contribution in [1.82, 2.24) is 19.4 Å². The van der Waals surface area contributed by atoms with Crippen LogP contribution in [0.1, 0.15) is 101 Å². The van der Waals surface area contributed by atoms with Crippen molar-refractivity contribution in [3.8, 4) is 6.07 Å². The summed E-state index contributed by atoms with van der Waals surface area (Å²) in [7, 11) is 0. The molecule has 8 bridgehead atoms. The largest absolute Gasteiger partial charge is 0.363 e. The van der Waals surface area contributed by atoms with Crippen LogP contribution in [0.4, 0.5) is 23.4 Å². The SMILES string of the molecule is CC(F)C1CCCCCCCn2c(=O)c(C3(C#N)CC3)cc3c(ncnc32)N[C@H](C)c2cccc(c2F)C(F)(F)C2CCN1CC2. The molecule has 2 fully saturated rings. The van der Waals surface area contributed by atoms with Gasteiger partial charge >= 0.3 is 0 Å². The molecule has 1 aliphatic carbocycles. The van der Waals surface area contributed by atoms with E-state index < -0.39 is 40.8 Å². The molecular formula is C35H42F4N6O. The van der Waals surface area contributed by atoms with Crippen molar-refractivity contribution in [3.63, 3.8) is 0 Å². The third-order valence-corrected chi connectivity index (χ3v) is 10.5. The predicted octanol–water partition coefficient (Wildman–Crippen LogP) is 7.54. The molecule has 0 amide bonds.